The van der Waals surface area contributed by atoms with E-state index in [4.69, 9.17) is 17.3 Å². The van der Waals surface area contributed by atoms with Gasteiger partial charge in [0.2, 0.25) is 5.91 Å². The Hall–Kier alpha value is -1.54. The van der Waals surface area contributed by atoms with Gasteiger partial charge in [-0.2, -0.15) is 0 Å². The fourth-order valence-corrected chi connectivity index (χ4v) is 1.57. The summed E-state index contributed by atoms with van der Waals surface area (Å²) < 4.78 is 0. The van der Waals surface area contributed by atoms with Crippen molar-refractivity contribution in [3.05, 3.63) is 0 Å². The second-order valence-corrected chi connectivity index (χ2v) is 3.72. The number of likely N-dealkylation sites (tertiary alicyclic amines) is 1. The van der Waals surface area contributed by atoms with E-state index >= 15 is 0 Å². The van der Waals surface area contributed by atoms with E-state index in [1.165, 1.54) is 0 Å². The van der Waals surface area contributed by atoms with E-state index in [9.17, 15) is 9.59 Å². The lowest BCUT2D eigenvalue weighted by Gasteiger charge is -2.39. The Balaban J connectivity index is 2.29. The fourth-order valence-electron chi connectivity index (χ4n) is 1.57. The van der Waals surface area contributed by atoms with E-state index < -0.39 is 12.0 Å². The number of hydrogen-bond donors (Lipinski definition) is 2. The monoisotopic (exact) mass is 210 g/mol. The molecule has 0 aliphatic carbocycles. The van der Waals surface area contributed by atoms with Crippen molar-refractivity contribution in [2.24, 2.45) is 11.7 Å². The third kappa shape index (κ3) is 2.96. The number of aliphatic carboxylic acids is 1. The number of nitrogens with zero attached hydrogens (tertiary/aromatic N) is 1. The molecule has 1 aliphatic rings. The van der Waals surface area contributed by atoms with Crippen LogP contribution in [0, 0.1) is 18.3 Å². The summed E-state index contributed by atoms with van der Waals surface area (Å²) in [5.41, 5.74) is 5.53. The van der Waals surface area contributed by atoms with Crippen molar-refractivity contribution >= 4 is 11.9 Å². The lowest BCUT2D eigenvalue weighted by molar-refractivity contribution is -0.145. The first-order valence-corrected chi connectivity index (χ1v) is 4.74. The molecule has 0 aromatic carbocycles. The summed E-state index contributed by atoms with van der Waals surface area (Å²) in [6, 6.07) is -0.652. The molecule has 0 aromatic rings. The number of carboxylic acid groups (broad SMARTS) is 1. The SMILES string of the molecule is C#CCC(N)C(=O)N1CC(CC(=O)O)C1. The molecule has 1 unspecified atom stereocenters. The number of rotatable bonds is 4. The molecule has 0 bridgehead atoms. The molecule has 1 heterocycles. The number of terminal acetylenes is 1. The number of carboxylic acids is 1. The molecule has 1 saturated heterocycles. The molecule has 82 valence electrons. The number of nitrogens with two attached hydrogens (primary N) is 1. The normalized spacial score (nSPS) is 17.7. The Kier molecular flexibility index (Phi) is 3.69. The zero-order valence-corrected chi connectivity index (χ0v) is 8.35. The van der Waals surface area contributed by atoms with Crippen molar-refractivity contribution in [2.75, 3.05) is 13.1 Å². The van der Waals surface area contributed by atoms with Crippen LogP contribution in [-0.4, -0.2) is 41.0 Å². The van der Waals surface area contributed by atoms with Gasteiger partial charge in [0.25, 0.3) is 0 Å². The molecule has 0 spiro atoms. The van der Waals surface area contributed by atoms with Gasteiger partial charge in [-0.25, -0.2) is 0 Å². The molecule has 5 heteroatoms. The minimum atomic E-state index is -0.833. The average Bonchev–Trinajstić information content (AvgIpc) is 2.09. The number of carbonyl (C=O) groups excluding carboxylic acids is 1. The molecule has 0 aromatic heterocycles. The van der Waals surface area contributed by atoms with Crippen LogP contribution in [0.3, 0.4) is 0 Å². The van der Waals surface area contributed by atoms with Gasteiger partial charge in [-0.1, -0.05) is 0 Å². The summed E-state index contributed by atoms with van der Waals surface area (Å²) in [4.78, 5) is 23.4. The van der Waals surface area contributed by atoms with Gasteiger partial charge in [-0.15, -0.1) is 12.3 Å². The van der Waals surface area contributed by atoms with Crippen LogP contribution < -0.4 is 5.73 Å². The van der Waals surface area contributed by atoms with Gasteiger partial charge in [0.05, 0.1) is 12.5 Å². The molecule has 1 fully saturated rings. The van der Waals surface area contributed by atoms with Crippen LogP contribution in [-0.2, 0) is 9.59 Å². The summed E-state index contributed by atoms with van der Waals surface area (Å²) in [7, 11) is 0. The molecule has 1 rings (SSSR count). The zero-order valence-electron chi connectivity index (χ0n) is 8.35. The molecular formula is C10H14N2O3. The first-order valence-electron chi connectivity index (χ1n) is 4.74. The molecular weight excluding hydrogens is 196 g/mol. The minimum Gasteiger partial charge on any atom is -0.481 e. The van der Waals surface area contributed by atoms with Gasteiger partial charge in [0.1, 0.15) is 0 Å². The van der Waals surface area contributed by atoms with Gasteiger partial charge in [-0.05, 0) is 0 Å². The minimum absolute atomic E-state index is 0.0597. The number of amides is 1. The topological polar surface area (TPSA) is 83.6 Å². The van der Waals surface area contributed by atoms with E-state index in [1.54, 1.807) is 4.90 Å². The van der Waals surface area contributed by atoms with Gasteiger partial charge in [-0.3, -0.25) is 9.59 Å². The average molecular weight is 210 g/mol. The van der Waals surface area contributed by atoms with Crippen LogP contribution in [0.2, 0.25) is 0 Å². The van der Waals surface area contributed by atoms with Crippen LogP contribution in [0.25, 0.3) is 0 Å². The van der Waals surface area contributed by atoms with Crippen LogP contribution in [0.5, 0.6) is 0 Å². The zero-order chi connectivity index (χ0) is 11.4. The van der Waals surface area contributed by atoms with E-state index in [1.807, 2.05) is 0 Å². The standard InChI is InChI=1S/C10H14N2O3/c1-2-3-8(11)10(15)12-5-7(6-12)4-9(13)14/h1,7-8H,3-6,11H2,(H,13,14). The van der Waals surface area contributed by atoms with E-state index in [0.29, 0.717) is 13.1 Å². The Morgan fingerprint density at radius 1 is 1.60 bits per heavy atom. The lowest BCUT2D eigenvalue weighted by atomic mass is 9.95. The van der Waals surface area contributed by atoms with Crippen molar-refractivity contribution in [3.63, 3.8) is 0 Å². The number of hydrogen-bond acceptors (Lipinski definition) is 3. The van der Waals surface area contributed by atoms with Crippen molar-refractivity contribution in [1.82, 2.24) is 4.90 Å². The van der Waals surface area contributed by atoms with Crippen molar-refractivity contribution in [2.45, 2.75) is 18.9 Å². The second kappa shape index (κ2) is 4.80. The number of carbonyl (C=O) groups is 2. The van der Waals surface area contributed by atoms with Gasteiger partial charge < -0.3 is 15.7 Å². The summed E-state index contributed by atoms with van der Waals surface area (Å²) in [5.74, 6) is 1.37. The Bertz CT molecular complexity index is 302. The summed E-state index contributed by atoms with van der Waals surface area (Å²) in [5, 5.41) is 8.51. The quantitative estimate of drug-likeness (QED) is 0.599. The van der Waals surface area contributed by atoms with Crippen LogP contribution >= 0.6 is 0 Å². The van der Waals surface area contributed by atoms with Crippen LogP contribution in [0.1, 0.15) is 12.8 Å². The molecule has 1 amide bonds. The maximum absolute atomic E-state index is 11.5. The van der Waals surface area contributed by atoms with Crippen molar-refractivity contribution in [3.8, 4) is 12.3 Å². The molecule has 15 heavy (non-hydrogen) atoms. The first-order chi connectivity index (χ1) is 7.04. The maximum atomic E-state index is 11.5. The molecule has 5 nitrogen and oxygen atoms in total. The van der Waals surface area contributed by atoms with Crippen molar-refractivity contribution in [1.29, 1.82) is 0 Å². The molecule has 3 N–H and O–H groups in total. The Morgan fingerprint density at radius 3 is 2.67 bits per heavy atom. The summed E-state index contributed by atoms with van der Waals surface area (Å²) in [6.45, 7) is 0.951. The smallest absolute Gasteiger partial charge is 0.303 e. The Labute approximate surface area is 88.2 Å². The van der Waals surface area contributed by atoms with Gasteiger partial charge in [0.15, 0.2) is 0 Å². The van der Waals surface area contributed by atoms with E-state index in [-0.39, 0.29) is 24.7 Å². The highest BCUT2D eigenvalue weighted by Crippen LogP contribution is 2.19. The summed E-state index contributed by atoms with van der Waals surface area (Å²) >= 11 is 0. The third-order valence-electron chi connectivity index (χ3n) is 2.39. The van der Waals surface area contributed by atoms with E-state index in [0.717, 1.165) is 0 Å². The highest BCUT2D eigenvalue weighted by Gasteiger charge is 2.33. The van der Waals surface area contributed by atoms with Crippen LogP contribution in [0.15, 0.2) is 0 Å². The van der Waals surface area contributed by atoms with Gasteiger partial charge >= 0.3 is 5.97 Å². The molecule has 1 aliphatic heterocycles. The molecule has 1 atom stereocenters. The van der Waals surface area contributed by atoms with Crippen LogP contribution in [0.4, 0.5) is 0 Å². The summed E-state index contributed by atoms with van der Waals surface area (Å²) in [6.07, 6.45) is 5.37. The maximum Gasteiger partial charge on any atom is 0.303 e. The predicted molar refractivity (Wildman–Crippen MR) is 53.7 cm³/mol. The first kappa shape index (κ1) is 11.5. The Morgan fingerprint density at radius 2 is 2.20 bits per heavy atom. The molecule has 0 radical (unpaired) electrons. The fraction of sp³-hybridized carbons (Fsp3) is 0.600. The second-order valence-electron chi connectivity index (χ2n) is 3.72. The van der Waals surface area contributed by atoms with Gasteiger partial charge in [0, 0.05) is 25.4 Å². The third-order valence-corrected chi connectivity index (χ3v) is 2.39. The molecule has 0 saturated carbocycles. The largest absolute Gasteiger partial charge is 0.481 e. The highest BCUT2D eigenvalue weighted by atomic mass is 16.4. The van der Waals surface area contributed by atoms with Crippen molar-refractivity contribution < 1.29 is 14.7 Å². The van der Waals surface area contributed by atoms with E-state index in [2.05, 4.69) is 5.92 Å². The predicted octanol–water partition coefficient (Wildman–Crippen LogP) is -0.730. The lowest BCUT2D eigenvalue weighted by Crippen LogP contribution is -2.55. The highest BCUT2D eigenvalue weighted by molar-refractivity contribution is 5.83.